The van der Waals surface area contributed by atoms with Gasteiger partial charge in [0.1, 0.15) is 5.92 Å². The largest absolute Gasteiger partial charge is 0.481 e. The topological polar surface area (TPSA) is 75.5 Å². The molecule has 0 radical (unpaired) electrons. The number of aromatic nitrogens is 2. The molecule has 1 aromatic rings. The highest BCUT2D eigenvalue weighted by atomic mass is 35.5. The lowest BCUT2D eigenvalue weighted by Gasteiger charge is -2.29. The fourth-order valence-electron chi connectivity index (χ4n) is 2.11. The molecule has 0 spiro atoms. The number of aliphatic carboxylic acids is 1. The molecule has 1 aliphatic heterocycles. The van der Waals surface area contributed by atoms with Crippen LogP contribution in [0.4, 0.5) is 5.82 Å². The van der Waals surface area contributed by atoms with E-state index in [0.717, 1.165) is 0 Å². The first-order valence-electron chi connectivity index (χ1n) is 5.70. The summed E-state index contributed by atoms with van der Waals surface area (Å²) < 4.78 is 5.26. The minimum absolute atomic E-state index is 0.219. The molecule has 1 aromatic heterocycles. The van der Waals surface area contributed by atoms with Crippen molar-refractivity contribution in [3.05, 3.63) is 17.3 Å². The summed E-state index contributed by atoms with van der Waals surface area (Å²) in [4.78, 5) is 13.0. The number of likely N-dealkylation sites (N-methyl/N-ethyl adjacent to an activating group) is 1. The molecule has 98 valence electrons. The molecule has 18 heavy (non-hydrogen) atoms. The van der Waals surface area contributed by atoms with Crippen LogP contribution in [-0.4, -0.2) is 47.1 Å². The molecule has 2 rings (SSSR count). The van der Waals surface area contributed by atoms with Gasteiger partial charge in [0.2, 0.25) is 0 Å². The van der Waals surface area contributed by atoms with Gasteiger partial charge in [-0.2, -0.15) is 0 Å². The van der Waals surface area contributed by atoms with Gasteiger partial charge < -0.3 is 14.7 Å². The first-order chi connectivity index (χ1) is 8.63. The molecule has 0 amide bonds. The summed E-state index contributed by atoms with van der Waals surface area (Å²) in [6.07, 6.45) is 0. The van der Waals surface area contributed by atoms with Crippen molar-refractivity contribution >= 4 is 23.4 Å². The Labute approximate surface area is 110 Å². The Morgan fingerprint density at radius 3 is 2.89 bits per heavy atom. The number of hydrogen-bond donors (Lipinski definition) is 1. The highest BCUT2D eigenvalue weighted by Crippen LogP contribution is 2.24. The maximum atomic E-state index is 11.2. The van der Waals surface area contributed by atoms with E-state index < -0.39 is 11.9 Å². The van der Waals surface area contributed by atoms with E-state index in [9.17, 15) is 4.79 Å². The lowest BCUT2D eigenvalue weighted by Crippen LogP contribution is -2.43. The first kappa shape index (κ1) is 13.0. The van der Waals surface area contributed by atoms with Gasteiger partial charge in [-0.3, -0.25) is 4.79 Å². The van der Waals surface area contributed by atoms with E-state index in [4.69, 9.17) is 21.4 Å². The Bertz CT molecular complexity index is 426. The summed E-state index contributed by atoms with van der Waals surface area (Å²) in [7, 11) is 0. The number of carbonyl (C=O) groups is 1. The summed E-state index contributed by atoms with van der Waals surface area (Å²) in [5, 5.41) is 17.2. The zero-order valence-corrected chi connectivity index (χ0v) is 10.7. The Hall–Kier alpha value is -1.40. The molecule has 1 aliphatic rings. The van der Waals surface area contributed by atoms with Crippen molar-refractivity contribution in [3.63, 3.8) is 0 Å². The number of rotatable bonds is 4. The monoisotopic (exact) mass is 271 g/mol. The van der Waals surface area contributed by atoms with Gasteiger partial charge >= 0.3 is 5.97 Å². The van der Waals surface area contributed by atoms with Crippen LogP contribution in [0.5, 0.6) is 0 Å². The number of nitrogens with zero attached hydrogens (tertiary/aromatic N) is 3. The highest BCUT2D eigenvalue weighted by Gasteiger charge is 2.38. The number of carboxylic acid groups (broad SMARTS) is 1. The molecular formula is C11H14ClN3O3. The number of carboxylic acids is 1. The molecule has 1 N–H and O–H groups in total. The Kier molecular flexibility index (Phi) is 3.98. The van der Waals surface area contributed by atoms with Crippen molar-refractivity contribution in [2.45, 2.75) is 13.0 Å². The van der Waals surface area contributed by atoms with Gasteiger partial charge in [-0.1, -0.05) is 11.6 Å². The lowest BCUT2D eigenvalue weighted by molar-refractivity contribution is -0.141. The average Bonchev–Trinajstić information content (AvgIpc) is 2.82. The normalized spacial score (nSPS) is 23.0. The minimum atomic E-state index is -0.849. The van der Waals surface area contributed by atoms with E-state index in [1.807, 2.05) is 11.8 Å². The van der Waals surface area contributed by atoms with E-state index in [1.54, 1.807) is 12.1 Å². The second-order valence-electron chi connectivity index (χ2n) is 4.05. The lowest BCUT2D eigenvalue weighted by atomic mass is 10.0. The third-order valence-electron chi connectivity index (χ3n) is 3.02. The van der Waals surface area contributed by atoms with Gasteiger partial charge in [-0.05, 0) is 19.1 Å². The predicted octanol–water partition coefficient (Wildman–Crippen LogP) is 1.06. The molecule has 2 heterocycles. The highest BCUT2D eigenvalue weighted by molar-refractivity contribution is 6.29. The zero-order valence-electron chi connectivity index (χ0n) is 9.91. The summed E-state index contributed by atoms with van der Waals surface area (Å²) in [6.45, 7) is 3.19. The van der Waals surface area contributed by atoms with Gasteiger partial charge in [-0.25, -0.2) is 0 Å². The molecule has 0 bridgehead atoms. The van der Waals surface area contributed by atoms with Crippen LogP contribution in [0.15, 0.2) is 12.1 Å². The Morgan fingerprint density at radius 2 is 2.33 bits per heavy atom. The van der Waals surface area contributed by atoms with E-state index in [-0.39, 0.29) is 12.6 Å². The molecule has 0 aromatic carbocycles. The Balaban J connectivity index is 2.22. The van der Waals surface area contributed by atoms with Gasteiger partial charge in [0.05, 0.1) is 19.3 Å². The number of anilines is 1. The second kappa shape index (κ2) is 5.49. The quantitative estimate of drug-likeness (QED) is 0.882. The van der Waals surface area contributed by atoms with E-state index in [0.29, 0.717) is 24.1 Å². The zero-order chi connectivity index (χ0) is 13.1. The van der Waals surface area contributed by atoms with Crippen LogP contribution in [0.2, 0.25) is 5.15 Å². The average molecular weight is 272 g/mol. The maximum Gasteiger partial charge on any atom is 0.311 e. The fraction of sp³-hybridized carbons (Fsp3) is 0.545. The molecule has 2 atom stereocenters. The summed E-state index contributed by atoms with van der Waals surface area (Å²) >= 11 is 5.69. The number of hydrogen-bond acceptors (Lipinski definition) is 5. The van der Waals surface area contributed by atoms with Crippen LogP contribution in [0.25, 0.3) is 0 Å². The summed E-state index contributed by atoms with van der Waals surface area (Å²) in [5.41, 5.74) is 0. The standard InChI is InChI=1S/C11H14ClN3O3/c1-2-15(10-4-3-9(12)13-14-10)8-6-18-5-7(8)11(16)17/h3-4,7-8H,2,5-6H2,1H3,(H,16,17). The third kappa shape index (κ3) is 2.54. The van der Waals surface area contributed by atoms with Crippen molar-refractivity contribution in [3.8, 4) is 0 Å². The van der Waals surface area contributed by atoms with Crippen molar-refractivity contribution in [2.75, 3.05) is 24.7 Å². The molecule has 1 fully saturated rings. The van der Waals surface area contributed by atoms with Gasteiger partial charge in [0, 0.05) is 6.54 Å². The van der Waals surface area contributed by atoms with Crippen LogP contribution in [0.1, 0.15) is 6.92 Å². The van der Waals surface area contributed by atoms with E-state index in [2.05, 4.69) is 10.2 Å². The van der Waals surface area contributed by atoms with Crippen molar-refractivity contribution < 1.29 is 14.6 Å². The van der Waals surface area contributed by atoms with Crippen molar-refractivity contribution in [1.29, 1.82) is 0 Å². The van der Waals surface area contributed by atoms with Crippen LogP contribution >= 0.6 is 11.6 Å². The first-order valence-corrected chi connectivity index (χ1v) is 6.07. The van der Waals surface area contributed by atoms with Gasteiger partial charge in [-0.15, -0.1) is 10.2 Å². The summed E-state index contributed by atoms with van der Waals surface area (Å²) in [5.74, 6) is -0.774. The molecule has 7 heteroatoms. The smallest absolute Gasteiger partial charge is 0.311 e. The van der Waals surface area contributed by atoms with Crippen LogP contribution in [-0.2, 0) is 9.53 Å². The molecule has 0 aliphatic carbocycles. The predicted molar refractivity (Wildman–Crippen MR) is 65.8 cm³/mol. The van der Waals surface area contributed by atoms with Crippen molar-refractivity contribution in [1.82, 2.24) is 10.2 Å². The SMILES string of the molecule is CCN(c1ccc(Cl)nn1)C1COCC1C(=O)O. The minimum Gasteiger partial charge on any atom is -0.481 e. The summed E-state index contributed by atoms with van der Waals surface area (Å²) in [6, 6.07) is 3.15. The van der Waals surface area contributed by atoms with E-state index >= 15 is 0 Å². The van der Waals surface area contributed by atoms with Crippen LogP contribution in [0, 0.1) is 5.92 Å². The third-order valence-corrected chi connectivity index (χ3v) is 3.22. The number of halogens is 1. The molecule has 2 unspecified atom stereocenters. The van der Waals surface area contributed by atoms with Crippen LogP contribution in [0.3, 0.4) is 0 Å². The maximum absolute atomic E-state index is 11.2. The molecule has 0 saturated carbocycles. The van der Waals surface area contributed by atoms with E-state index in [1.165, 1.54) is 0 Å². The second-order valence-corrected chi connectivity index (χ2v) is 4.44. The van der Waals surface area contributed by atoms with Gasteiger partial charge in [0.15, 0.2) is 11.0 Å². The number of ether oxygens (including phenoxy) is 1. The fourth-order valence-corrected chi connectivity index (χ4v) is 2.22. The Morgan fingerprint density at radius 1 is 1.56 bits per heavy atom. The van der Waals surface area contributed by atoms with Crippen molar-refractivity contribution in [2.24, 2.45) is 5.92 Å². The van der Waals surface area contributed by atoms with Gasteiger partial charge in [0.25, 0.3) is 0 Å². The van der Waals surface area contributed by atoms with Crippen LogP contribution < -0.4 is 4.90 Å². The molecule has 1 saturated heterocycles. The molecular weight excluding hydrogens is 258 g/mol. The molecule has 6 nitrogen and oxygen atoms in total.